The van der Waals surface area contributed by atoms with E-state index in [1.165, 1.54) is 40.3 Å². The average Bonchev–Trinajstić information content (AvgIpc) is 3.26. The summed E-state index contributed by atoms with van der Waals surface area (Å²) in [5, 5.41) is 10.4. The molecule has 0 radical (unpaired) electrons. The molecule has 0 saturated carbocycles. The van der Waals surface area contributed by atoms with Crippen molar-refractivity contribution in [3.8, 4) is 11.5 Å². The number of hydrogen-bond donors (Lipinski definition) is 0. The molecular formula is C21H18N2O5S2. The number of rotatable bonds is 6. The highest BCUT2D eigenvalue weighted by Crippen LogP contribution is 2.42. The Morgan fingerprint density at radius 2 is 1.57 bits per heavy atom. The first kappa shape index (κ1) is 20.4. The van der Waals surface area contributed by atoms with E-state index in [4.69, 9.17) is 4.74 Å². The highest BCUT2D eigenvalue weighted by molar-refractivity contribution is 8.01. The number of ether oxygens (including phenoxy) is 1. The summed E-state index contributed by atoms with van der Waals surface area (Å²) in [5.41, 5.74) is 0.695. The zero-order chi connectivity index (χ0) is 21.1. The third-order valence-corrected chi connectivity index (χ3v) is 7.92. The van der Waals surface area contributed by atoms with Gasteiger partial charge >= 0.3 is 0 Å². The van der Waals surface area contributed by atoms with Crippen LogP contribution >= 0.6 is 11.8 Å². The minimum absolute atomic E-state index is 0.0230. The summed E-state index contributed by atoms with van der Waals surface area (Å²) >= 11 is 1.50. The molecule has 0 bridgehead atoms. The van der Waals surface area contributed by atoms with Crippen LogP contribution in [0.25, 0.3) is 0 Å². The first-order valence-electron chi connectivity index (χ1n) is 9.16. The standard InChI is InChI=1S/C21H18N2O5S2/c24-23(25)17-8-6-16(7-9-17)21-22(14-15-29-21)30(26,27)20-12-10-19(11-13-20)28-18-4-2-1-3-5-18/h1-13,21H,14-15H2. The first-order chi connectivity index (χ1) is 14.4. The second kappa shape index (κ2) is 8.47. The molecule has 1 aliphatic heterocycles. The van der Waals surface area contributed by atoms with Crippen molar-refractivity contribution in [2.24, 2.45) is 0 Å². The molecule has 0 amide bonds. The van der Waals surface area contributed by atoms with Gasteiger partial charge in [0.05, 0.1) is 15.2 Å². The quantitative estimate of drug-likeness (QED) is 0.401. The Bertz CT molecular complexity index is 1130. The number of thioether (sulfide) groups is 1. The largest absolute Gasteiger partial charge is 0.457 e. The molecule has 1 aliphatic rings. The third-order valence-electron chi connectivity index (χ3n) is 4.65. The Labute approximate surface area is 178 Å². The molecule has 1 unspecified atom stereocenters. The molecule has 0 spiro atoms. The third kappa shape index (κ3) is 4.18. The van der Waals surface area contributed by atoms with Crippen molar-refractivity contribution in [2.75, 3.05) is 12.3 Å². The number of nitrogens with zero attached hydrogens (tertiary/aromatic N) is 2. The fourth-order valence-corrected chi connectivity index (χ4v) is 6.40. The van der Waals surface area contributed by atoms with E-state index in [-0.39, 0.29) is 10.6 Å². The van der Waals surface area contributed by atoms with Gasteiger partial charge in [-0.15, -0.1) is 11.8 Å². The molecule has 1 atom stereocenters. The predicted octanol–water partition coefficient (Wildman–Crippen LogP) is 4.82. The lowest BCUT2D eigenvalue weighted by atomic mass is 10.2. The van der Waals surface area contributed by atoms with Gasteiger partial charge in [-0.3, -0.25) is 10.1 Å². The van der Waals surface area contributed by atoms with Gasteiger partial charge in [0.2, 0.25) is 10.0 Å². The number of para-hydroxylation sites is 1. The van der Waals surface area contributed by atoms with Gasteiger partial charge in [0.1, 0.15) is 11.5 Å². The van der Waals surface area contributed by atoms with E-state index in [2.05, 4.69) is 0 Å². The summed E-state index contributed by atoms with van der Waals surface area (Å²) in [7, 11) is -3.73. The van der Waals surface area contributed by atoms with Crippen molar-refractivity contribution < 1.29 is 18.1 Å². The van der Waals surface area contributed by atoms with E-state index >= 15 is 0 Å². The molecule has 1 saturated heterocycles. The lowest BCUT2D eigenvalue weighted by Gasteiger charge is -2.23. The van der Waals surface area contributed by atoms with Crippen molar-refractivity contribution in [1.82, 2.24) is 4.31 Å². The second-order valence-electron chi connectivity index (χ2n) is 6.57. The number of benzene rings is 3. The van der Waals surface area contributed by atoms with Crippen molar-refractivity contribution >= 4 is 27.5 Å². The van der Waals surface area contributed by atoms with E-state index in [0.29, 0.717) is 23.8 Å². The Hall–Kier alpha value is -2.88. The van der Waals surface area contributed by atoms with Crippen molar-refractivity contribution in [3.63, 3.8) is 0 Å². The van der Waals surface area contributed by atoms with Gasteiger partial charge in [0.25, 0.3) is 5.69 Å². The predicted molar refractivity (Wildman–Crippen MR) is 115 cm³/mol. The molecule has 1 fully saturated rings. The molecule has 3 aromatic rings. The maximum atomic E-state index is 13.2. The van der Waals surface area contributed by atoms with Crippen molar-refractivity contribution in [2.45, 2.75) is 10.3 Å². The highest BCUT2D eigenvalue weighted by Gasteiger charge is 2.37. The van der Waals surface area contributed by atoms with Crippen molar-refractivity contribution in [1.29, 1.82) is 0 Å². The molecule has 7 nitrogen and oxygen atoms in total. The van der Waals surface area contributed by atoms with Gasteiger partial charge in [-0.25, -0.2) is 8.42 Å². The average molecular weight is 443 g/mol. The molecule has 9 heteroatoms. The van der Waals surface area contributed by atoms with E-state index in [1.807, 2.05) is 30.3 Å². The maximum Gasteiger partial charge on any atom is 0.269 e. The summed E-state index contributed by atoms with van der Waals surface area (Å²) in [4.78, 5) is 10.6. The number of hydrogen-bond acceptors (Lipinski definition) is 6. The smallest absolute Gasteiger partial charge is 0.269 e. The number of nitro benzene ring substituents is 1. The Morgan fingerprint density at radius 3 is 2.20 bits per heavy atom. The van der Waals surface area contributed by atoms with Gasteiger partial charge in [0.15, 0.2) is 0 Å². The molecule has 3 aromatic carbocycles. The van der Waals surface area contributed by atoms with Crippen LogP contribution in [0.5, 0.6) is 11.5 Å². The zero-order valence-corrected chi connectivity index (χ0v) is 17.4. The van der Waals surface area contributed by atoms with Gasteiger partial charge in [-0.1, -0.05) is 18.2 Å². The van der Waals surface area contributed by atoms with E-state index < -0.39 is 20.3 Å². The highest BCUT2D eigenvalue weighted by atomic mass is 32.2. The molecule has 0 N–H and O–H groups in total. The molecular weight excluding hydrogens is 424 g/mol. The molecule has 0 aromatic heterocycles. The van der Waals surface area contributed by atoms with Crippen LogP contribution in [-0.2, 0) is 10.0 Å². The lowest BCUT2D eigenvalue weighted by molar-refractivity contribution is -0.384. The Balaban J connectivity index is 1.55. The fourth-order valence-electron chi connectivity index (χ4n) is 3.16. The monoisotopic (exact) mass is 442 g/mol. The summed E-state index contributed by atoms with van der Waals surface area (Å²) in [5.74, 6) is 1.86. The Kier molecular flexibility index (Phi) is 5.76. The minimum atomic E-state index is -3.73. The molecule has 1 heterocycles. The summed E-state index contributed by atoms with van der Waals surface area (Å²) in [6, 6.07) is 21.6. The topological polar surface area (TPSA) is 89.8 Å². The van der Waals surface area contributed by atoms with Crippen LogP contribution in [0.2, 0.25) is 0 Å². The van der Waals surface area contributed by atoms with Gasteiger partial charge in [-0.2, -0.15) is 4.31 Å². The van der Waals surface area contributed by atoms with E-state index in [1.54, 1.807) is 24.3 Å². The van der Waals surface area contributed by atoms with Crippen LogP contribution in [0.1, 0.15) is 10.9 Å². The van der Waals surface area contributed by atoms with E-state index in [9.17, 15) is 18.5 Å². The van der Waals surface area contributed by atoms with E-state index in [0.717, 1.165) is 5.56 Å². The molecule has 0 aliphatic carbocycles. The first-order valence-corrected chi connectivity index (χ1v) is 11.6. The summed E-state index contributed by atoms with van der Waals surface area (Å²) in [6.45, 7) is 0.372. The Morgan fingerprint density at radius 1 is 0.933 bits per heavy atom. The van der Waals surface area contributed by atoms with Gasteiger partial charge < -0.3 is 4.74 Å². The van der Waals surface area contributed by atoms with Crippen molar-refractivity contribution in [3.05, 3.63) is 94.5 Å². The number of nitro groups is 1. The molecule has 30 heavy (non-hydrogen) atoms. The SMILES string of the molecule is O=[N+]([O-])c1ccc(C2SCCN2S(=O)(=O)c2ccc(Oc3ccccc3)cc2)cc1. The second-order valence-corrected chi connectivity index (χ2v) is 9.65. The van der Waals surface area contributed by atoms with Crippen LogP contribution in [0.15, 0.2) is 83.8 Å². The normalized spacial score (nSPS) is 17.0. The van der Waals surface area contributed by atoms with Gasteiger partial charge in [0, 0.05) is 24.4 Å². The fraction of sp³-hybridized carbons (Fsp3) is 0.143. The van der Waals surface area contributed by atoms with Crippen LogP contribution in [0.3, 0.4) is 0 Å². The summed E-state index contributed by atoms with van der Waals surface area (Å²) in [6.07, 6.45) is 0. The molecule has 4 rings (SSSR count). The lowest BCUT2D eigenvalue weighted by Crippen LogP contribution is -2.30. The minimum Gasteiger partial charge on any atom is -0.457 e. The van der Waals surface area contributed by atoms with Crippen LogP contribution < -0.4 is 4.74 Å². The molecule has 154 valence electrons. The van der Waals surface area contributed by atoms with Crippen LogP contribution in [-0.4, -0.2) is 29.9 Å². The summed E-state index contributed by atoms with van der Waals surface area (Å²) < 4.78 is 33.6. The maximum absolute atomic E-state index is 13.2. The van der Waals surface area contributed by atoms with Crippen LogP contribution in [0, 0.1) is 10.1 Å². The van der Waals surface area contributed by atoms with Crippen LogP contribution in [0.4, 0.5) is 5.69 Å². The van der Waals surface area contributed by atoms with Gasteiger partial charge in [-0.05, 0) is 54.1 Å². The zero-order valence-electron chi connectivity index (χ0n) is 15.7. The number of sulfonamides is 1. The number of non-ortho nitro benzene ring substituents is 1.